The Kier molecular flexibility index (Phi) is 3.31. The molecule has 0 radical (unpaired) electrons. The van der Waals surface area contributed by atoms with Gasteiger partial charge in [-0.05, 0) is 49.7 Å². The summed E-state index contributed by atoms with van der Waals surface area (Å²) in [6, 6.07) is 8.76. The summed E-state index contributed by atoms with van der Waals surface area (Å²) in [6.07, 6.45) is 7.26. The number of carbonyl (C=O) groups excluding carboxylic acids is 1. The van der Waals surface area contributed by atoms with Crippen molar-refractivity contribution < 1.29 is 4.79 Å². The summed E-state index contributed by atoms with van der Waals surface area (Å²) in [5.41, 5.74) is 8.53. The van der Waals surface area contributed by atoms with E-state index in [0.29, 0.717) is 12.5 Å². The molecule has 2 fully saturated rings. The Morgan fingerprint density at radius 3 is 2.37 bits per heavy atom. The molecule has 3 heteroatoms. The lowest BCUT2D eigenvalue weighted by atomic mass is 9.93. The fourth-order valence-electron chi connectivity index (χ4n) is 2.54. The molecule has 1 aromatic carbocycles. The molecule has 2 aliphatic rings. The minimum absolute atomic E-state index is 0.0586. The van der Waals surface area contributed by atoms with Crippen molar-refractivity contribution in [3.63, 3.8) is 0 Å². The summed E-state index contributed by atoms with van der Waals surface area (Å²) in [7, 11) is 0. The van der Waals surface area contributed by atoms with Crippen molar-refractivity contribution in [2.45, 2.75) is 56.5 Å². The molecule has 1 aromatic rings. The molecule has 3 rings (SSSR count). The molecule has 0 unspecified atom stereocenters. The van der Waals surface area contributed by atoms with Crippen LogP contribution < -0.4 is 11.1 Å². The molecule has 2 saturated carbocycles. The molecule has 3 nitrogen and oxygen atoms in total. The highest BCUT2D eigenvalue weighted by molar-refractivity contribution is 5.78. The minimum Gasteiger partial charge on any atom is -0.353 e. The largest absolute Gasteiger partial charge is 0.353 e. The molecule has 0 aromatic heterocycles. The van der Waals surface area contributed by atoms with E-state index in [2.05, 4.69) is 29.6 Å². The van der Waals surface area contributed by atoms with Gasteiger partial charge in [0.1, 0.15) is 0 Å². The van der Waals surface area contributed by atoms with E-state index in [9.17, 15) is 4.79 Å². The van der Waals surface area contributed by atoms with Crippen LogP contribution in [0.1, 0.15) is 43.2 Å². The number of hydrogen-bond acceptors (Lipinski definition) is 2. The zero-order chi connectivity index (χ0) is 13.3. The van der Waals surface area contributed by atoms with E-state index in [1.165, 1.54) is 12.0 Å². The van der Waals surface area contributed by atoms with Crippen molar-refractivity contribution >= 4 is 5.91 Å². The highest BCUT2D eigenvalue weighted by Crippen LogP contribution is 2.35. The summed E-state index contributed by atoms with van der Waals surface area (Å²) in [4.78, 5) is 11.8. The maximum atomic E-state index is 11.8. The molecule has 0 bridgehead atoms. The normalized spacial score (nSPS) is 20.7. The highest BCUT2D eigenvalue weighted by Gasteiger charge is 2.37. The van der Waals surface area contributed by atoms with Gasteiger partial charge in [-0.15, -0.1) is 0 Å². The molecular weight excluding hydrogens is 236 g/mol. The third-order valence-corrected chi connectivity index (χ3v) is 4.31. The van der Waals surface area contributed by atoms with Gasteiger partial charge in [0.25, 0.3) is 0 Å². The zero-order valence-electron chi connectivity index (χ0n) is 11.3. The molecule has 102 valence electrons. The predicted octanol–water partition coefficient (Wildman–Crippen LogP) is 1.93. The predicted molar refractivity (Wildman–Crippen MR) is 75.8 cm³/mol. The maximum Gasteiger partial charge on any atom is 0.224 e. The molecule has 0 heterocycles. The van der Waals surface area contributed by atoms with Gasteiger partial charge in [-0.2, -0.15) is 0 Å². The maximum absolute atomic E-state index is 11.8. The molecule has 0 spiro atoms. The monoisotopic (exact) mass is 258 g/mol. The van der Waals surface area contributed by atoms with Crippen molar-refractivity contribution in [2.75, 3.05) is 0 Å². The van der Waals surface area contributed by atoms with Crippen LogP contribution in [-0.2, 0) is 17.6 Å². The Morgan fingerprint density at radius 1 is 1.21 bits per heavy atom. The van der Waals surface area contributed by atoms with Crippen LogP contribution in [0.25, 0.3) is 0 Å². The van der Waals surface area contributed by atoms with Crippen LogP contribution in [0.15, 0.2) is 24.3 Å². The van der Waals surface area contributed by atoms with Gasteiger partial charge in [0.05, 0.1) is 6.42 Å². The van der Waals surface area contributed by atoms with E-state index >= 15 is 0 Å². The first kappa shape index (κ1) is 12.7. The minimum atomic E-state index is 0.0586. The van der Waals surface area contributed by atoms with Crippen molar-refractivity contribution in [2.24, 2.45) is 5.73 Å². The standard InChI is InChI=1S/C16H22N2O/c17-16(8-9-16)11-13-6-4-12(5-7-13)10-15(19)18-14-2-1-3-14/h4-7,14H,1-3,8-11,17H2,(H,18,19). The summed E-state index contributed by atoms with van der Waals surface area (Å²) >= 11 is 0. The number of hydrogen-bond donors (Lipinski definition) is 2. The fourth-order valence-corrected chi connectivity index (χ4v) is 2.54. The molecule has 0 saturated heterocycles. The average molecular weight is 258 g/mol. The Labute approximate surface area is 114 Å². The SMILES string of the molecule is NC1(Cc2ccc(CC(=O)NC3CCC3)cc2)CC1. The first-order valence-electron chi connectivity index (χ1n) is 7.29. The Balaban J connectivity index is 1.51. The second kappa shape index (κ2) is 4.97. The van der Waals surface area contributed by atoms with Gasteiger partial charge >= 0.3 is 0 Å². The van der Waals surface area contributed by atoms with Gasteiger partial charge in [0.2, 0.25) is 5.91 Å². The lowest BCUT2D eigenvalue weighted by Gasteiger charge is -2.26. The quantitative estimate of drug-likeness (QED) is 0.848. The second-order valence-corrected chi connectivity index (χ2v) is 6.23. The van der Waals surface area contributed by atoms with E-state index in [1.54, 1.807) is 0 Å². The second-order valence-electron chi connectivity index (χ2n) is 6.23. The average Bonchev–Trinajstić information content (AvgIpc) is 3.04. The highest BCUT2D eigenvalue weighted by atomic mass is 16.1. The number of amides is 1. The summed E-state index contributed by atoms with van der Waals surface area (Å²) in [6.45, 7) is 0. The molecule has 0 aliphatic heterocycles. The van der Waals surface area contributed by atoms with Crippen LogP contribution in [0, 0.1) is 0 Å². The number of benzene rings is 1. The molecule has 2 aliphatic carbocycles. The van der Waals surface area contributed by atoms with Crippen molar-refractivity contribution in [3.05, 3.63) is 35.4 Å². The third-order valence-electron chi connectivity index (χ3n) is 4.31. The summed E-state index contributed by atoms with van der Waals surface area (Å²) in [5.74, 6) is 0.148. The topological polar surface area (TPSA) is 55.1 Å². The molecule has 0 atom stereocenters. The van der Waals surface area contributed by atoms with Gasteiger partial charge in [-0.3, -0.25) is 4.79 Å². The van der Waals surface area contributed by atoms with E-state index in [1.807, 2.05) is 0 Å². The van der Waals surface area contributed by atoms with Crippen molar-refractivity contribution in [1.82, 2.24) is 5.32 Å². The van der Waals surface area contributed by atoms with Gasteiger partial charge in [-0.1, -0.05) is 24.3 Å². The fraction of sp³-hybridized carbons (Fsp3) is 0.562. The van der Waals surface area contributed by atoms with Crippen molar-refractivity contribution in [3.8, 4) is 0 Å². The first-order valence-corrected chi connectivity index (χ1v) is 7.29. The Hall–Kier alpha value is -1.35. The third kappa shape index (κ3) is 3.35. The van der Waals surface area contributed by atoms with E-state index in [-0.39, 0.29) is 11.4 Å². The van der Waals surface area contributed by atoms with Crippen LogP contribution in [0.3, 0.4) is 0 Å². The van der Waals surface area contributed by atoms with Gasteiger partial charge in [0.15, 0.2) is 0 Å². The van der Waals surface area contributed by atoms with Gasteiger partial charge < -0.3 is 11.1 Å². The lowest BCUT2D eigenvalue weighted by Crippen LogP contribution is -2.40. The summed E-state index contributed by atoms with van der Waals surface area (Å²) in [5, 5.41) is 3.07. The van der Waals surface area contributed by atoms with E-state index < -0.39 is 0 Å². The van der Waals surface area contributed by atoms with Crippen LogP contribution in [0.5, 0.6) is 0 Å². The van der Waals surface area contributed by atoms with Crippen LogP contribution >= 0.6 is 0 Å². The zero-order valence-corrected chi connectivity index (χ0v) is 11.3. The van der Waals surface area contributed by atoms with Crippen molar-refractivity contribution in [1.29, 1.82) is 0 Å². The van der Waals surface area contributed by atoms with E-state index in [0.717, 1.165) is 37.7 Å². The number of carbonyl (C=O) groups is 1. The number of nitrogens with one attached hydrogen (secondary N) is 1. The Bertz CT molecular complexity index is 458. The number of rotatable bonds is 5. The smallest absolute Gasteiger partial charge is 0.224 e. The lowest BCUT2D eigenvalue weighted by molar-refractivity contribution is -0.121. The van der Waals surface area contributed by atoms with Crippen LogP contribution in [-0.4, -0.2) is 17.5 Å². The molecule has 1 amide bonds. The van der Waals surface area contributed by atoms with Gasteiger partial charge in [-0.25, -0.2) is 0 Å². The number of nitrogens with two attached hydrogens (primary N) is 1. The summed E-state index contributed by atoms with van der Waals surface area (Å²) < 4.78 is 0. The molecule has 3 N–H and O–H groups in total. The van der Waals surface area contributed by atoms with Crippen LogP contribution in [0.2, 0.25) is 0 Å². The first-order chi connectivity index (χ1) is 9.13. The van der Waals surface area contributed by atoms with Gasteiger partial charge in [0, 0.05) is 11.6 Å². The van der Waals surface area contributed by atoms with Crippen LogP contribution in [0.4, 0.5) is 0 Å². The Morgan fingerprint density at radius 2 is 1.84 bits per heavy atom. The molecular formula is C16H22N2O. The molecule has 19 heavy (non-hydrogen) atoms. The van der Waals surface area contributed by atoms with E-state index in [4.69, 9.17) is 5.73 Å².